The molecule has 0 saturated carbocycles. The van der Waals surface area contributed by atoms with Crippen molar-refractivity contribution in [2.75, 3.05) is 44.3 Å². The van der Waals surface area contributed by atoms with E-state index in [1.807, 2.05) is 17.5 Å². The molecule has 2 fully saturated rings. The monoisotopic (exact) mass is 378 g/mol. The van der Waals surface area contributed by atoms with E-state index in [4.69, 9.17) is 14.8 Å². The predicted molar refractivity (Wildman–Crippen MR) is 108 cm³/mol. The van der Waals surface area contributed by atoms with E-state index in [0.29, 0.717) is 5.92 Å². The van der Waals surface area contributed by atoms with E-state index in [1.165, 1.54) is 5.69 Å². The van der Waals surface area contributed by atoms with Crippen molar-refractivity contribution in [3.05, 3.63) is 53.7 Å². The smallest absolute Gasteiger partial charge is 0.156 e. The van der Waals surface area contributed by atoms with E-state index < -0.39 is 0 Å². The lowest BCUT2D eigenvalue weighted by molar-refractivity contribution is 0.122. The Kier molecular flexibility index (Phi) is 4.70. The van der Waals surface area contributed by atoms with Crippen LogP contribution in [0.3, 0.4) is 0 Å². The molecule has 0 radical (unpaired) electrons. The molecule has 0 amide bonds. The Morgan fingerprint density at radius 2 is 1.96 bits per heavy atom. The first kappa shape index (κ1) is 17.6. The molecule has 2 aliphatic rings. The normalized spacial score (nSPS) is 20.9. The van der Waals surface area contributed by atoms with Crippen LogP contribution in [0.2, 0.25) is 0 Å². The SMILES string of the molecule is Cc1cccc(CN2CCC(c3nc4ccc(N5CCOCC5)cn4n3)C2)n1. The van der Waals surface area contributed by atoms with E-state index >= 15 is 0 Å². The lowest BCUT2D eigenvalue weighted by atomic mass is 10.1. The van der Waals surface area contributed by atoms with Crippen molar-refractivity contribution in [1.29, 1.82) is 0 Å². The highest BCUT2D eigenvalue weighted by Crippen LogP contribution is 2.27. The molecule has 5 rings (SSSR count). The summed E-state index contributed by atoms with van der Waals surface area (Å²) in [6.45, 7) is 8.42. The van der Waals surface area contributed by atoms with Gasteiger partial charge in [0.1, 0.15) is 0 Å². The fourth-order valence-electron chi connectivity index (χ4n) is 4.17. The molecule has 5 heterocycles. The number of ether oxygens (including phenoxy) is 1. The van der Waals surface area contributed by atoms with Gasteiger partial charge in [-0.3, -0.25) is 9.88 Å². The molecule has 0 N–H and O–H groups in total. The lowest BCUT2D eigenvalue weighted by Crippen LogP contribution is -2.36. The second-order valence-corrected chi connectivity index (χ2v) is 7.75. The molecule has 3 aromatic rings. The van der Waals surface area contributed by atoms with Crippen molar-refractivity contribution < 1.29 is 4.74 Å². The summed E-state index contributed by atoms with van der Waals surface area (Å²) < 4.78 is 7.39. The van der Waals surface area contributed by atoms with Gasteiger partial charge >= 0.3 is 0 Å². The topological polar surface area (TPSA) is 58.8 Å². The summed E-state index contributed by atoms with van der Waals surface area (Å²) >= 11 is 0. The average molecular weight is 378 g/mol. The minimum atomic E-state index is 0.386. The van der Waals surface area contributed by atoms with Gasteiger partial charge in [-0.2, -0.15) is 5.10 Å². The largest absolute Gasteiger partial charge is 0.378 e. The lowest BCUT2D eigenvalue weighted by Gasteiger charge is -2.28. The number of hydrogen-bond donors (Lipinski definition) is 0. The van der Waals surface area contributed by atoms with Crippen molar-refractivity contribution >= 4 is 11.3 Å². The maximum absolute atomic E-state index is 5.45. The molecule has 0 aliphatic carbocycles. The summed E-state index contributed by atoms with van der Waals surface area (Å²) in [5.74, 6) is 1.34. The van der Waals surface area contributed by atoms with Gasteiger partial charge in [0.05, 0.1) is 30.8 Å². The molecule has 0 bridgehead atoms. The summed E-state index contributed by atoms with van der Waals surface area (Å²) in [7, 11) is 0. The minimum absolute atomic E-state index is 0.386. The molecule has 28 heavy (non-hydrogen) atoms. The molecular weight excluding hydrogens is 352 g/mol. The minimum Gasteiger partial charge on any atom is -0.378 e. The number of fused-ring (bicyclic) bond motifs is 1. The average Bonchev–Trinajstić information content (AvgIpc) is 3.35. The van der Waals surface area contributed by atoms with E-state index in [1.54, 1.807) is 0 Å². The van der Waals surface area contributed by atoms with Crippen molar-refractivity contribution in [2.24, 2.45) is 0 Å². The van der Waals surface area contributed by atoms with E-state index in [0.717, 1.165) is 75.2 Å². The summed E-state index contributed by atoms with van der Waals surface area (Å²) in [5, 5.41) is 4.81. The van der Waals surface area contributed by atoms with Crippen LogP contribution in [-0.2, 0) is 11.3 Å². The molecule has 7 heteroatoms. The van der Waals surface area contributed by atoms with Crippen LogP contribution in [0.25, 0.3) is 5.65 Å². The van der Waals surface area contributed by atoms with Gasteiger partial charge in [-0.25, -0.2) is 9.50 Å². The van der Waals surface area contributed by atoms with Crippen LogP contribution < -0.4 is 4.90 Å². The quantitative estimate of drug-likeness (QED) is 0.694. The van der Waals surface area contributed by atoms with Gasteiger partial charge in [-0.1, -0.05) is 6.07 Å². The Morgan fingerprint density at radius 1 is 1.07 bits per heavy atom. The maximum atomic E-state index is 5.45. The van der Waals surface area contributed by atoms with E-state index in [9.17, 15) is 0 Å². The second-order valence-electron chi connectivity index (χ2n) is 7.75. The fraction of sp³-hybridized carbons (Fsp3) is 0.476. The molecule has 2 saturated heterocycles. The second kappa shape index (κ2) is 7.48. The van der Waals surface area contributed by atoms with Gasteiger partial charge in [0.2, 0.25) is 0 Å². The first-order chi connectivity index (χ1) is 13.7. The molecule has 3 aromatic heterocycles. The van der Waals surface area contributed by atoms with Gasteiger partial charge in [-0.15, -0.1) is 0 Å². The van der Waals surface area contributed by atoms with Crippen LogP contribution in [0.1, 0.15) is 29.6 Å². The zero-order valence-electron chi connectivity index (χ0n) is 16.3. The highest BCUT2D eigenvalue weighted by atomic mass is 16.5. The number of morpholine rings is 1. The Morgan fingerprint density at radius 3 is 2.82 bits per heavy atom. The zero-order chi connectivity index (χ0) is 18.9. The highest BCUT2D eigenvalue weighted by molar-refractivity contribution is 5.51. The van der Waals surface area contributed by atoms with Crippen LogP contribution in [0, 0.1) is 6.92 Å². The third kappa shape index (κ3) is 3.59. The molecule has 1 unspecified atom stereocenters. The van der Waals surface area contributed by atoms with E-state index in [2.05, 4.69) is 45.2 Å². The van der Waals surface area contributed by atoms with Crippen molar-refractivity contribution in [1.82, 2.24) is 24.5 Å². The molecule has 7 nitrogen and oxygen atoms in total. The Hall–Kier alpha value is -2.51. The standard InChI is InChI=1S/C21H26N6O/c1-16-3-2-4-18(22-16)14-25-8-7-17(13-25)21-23-20-6-5-19(15-27(20)24-21)26-9-11-28-12-10-26/h2-6,15,17H,7-14H2,1H3. The number of rotatable bonds is 4. The van der Waals surface area contributed by atoms with Crippen molar-refractivity contribution in [2.45, 2.75) is 25.8 Å². The molecular formula is C21H26N6O. The Labute approximate surface area is 165 Å². The number of anilines is 1. The summed E-state index contributed by atoms with van der Waals surface area (Å²) in [6, 6.07) is 10.5. The van der Waals surface area contributed by atoms with Crippen LogP contribution in [0.5, 0.6) is 0 Å². The van der Waals surface area contributed by atoms with Gasteiger partial charge in [-0.05, 0) is 44.2 Å². The maximum Gasteiger partial charge on any atom is 0.156 e. The van der Waals surface area contributed by atoms with Crippen molar-refractivity contribution in [3.8, 4) is 0 Å². The van der Waals surface area contributed by atoms with Crippen LogP contribution in [0.15, 0.2) is 36.5 Å². The molecule has 1 atom stereocenters. The third-order valence-corrected chi connectivity index (χ3v) is 5.68. The van der Waals surface area contributed by atoms with Gasteiger partial charge < -0.3 is 9.64 Å². The molecule has 146 valence electrons. The summed E-state index contributed by atoms with van der Waals surface area (Å²) in [4.78, 5) is 14.2. The van der Waals surface area contributed by atoms with Crippen molar-refractivity contribution in [3.63, 3.8) is 0 Å². The van der Waals surface area contributed by atoms with E-state index in [-0.39, 0.29) is 0 Å². The molecule has 0 spiro atoms. The van der Waals surface area contributed by atoms with Crippen LogP contribution in [0.4, 0.5) is 5.69 Å². The van der Waals surface area contributed by atoms with Crippen LogP contribution >= 0.6 is 0 Å². The number of pyridine rings is 2. The van der Waals surface area contributed by atoms with Gasteiger partial charge in [0.25, 0.3) is 0 Å². The number of hydrogen-bond acceptors (Lipinski definition) is 6. The zero-order valence-corrected chi connectivity index (χ0v) is 16.3. The fourth-order valence-corrected chi connectivity index (χ4v) is 4.17. The Balaban J connectivity index is 1.29. The first-order valence-electron chi connectivity index (χ1n) is 10.1. The number of aryl methyl sites for hydroxylation is 1. The summed E-state index contributed by atoms with van der Waals surface area (Å²) in [6.07, 6.45) is 3.19. The predicted octanol–water partition coefficient (Wildman–Crippen LogP) is 2.26. The highest BCUT2D eigenvalue weighted by Gasteiger charge is 2.27. The number of aromatic nitrogens is 4. The Bertz CT molecular complexity index is 964. The number of nitrogens with zero attached hydrogens (tertiary/aromatic N) is 6. The molecule has 0 aromatic carbocycles. The molecule has 2 aliphatic heterocycles. The van der Waals surface area contributed by atoms with Gasteiger partial charge in [0.15, 0.2) is 11.5 Å². The van der Waals surface area contributed by atoms with Crippen LogP contribution in [-0.4, -0.2) is 63.9 Å². The third-order valence-electron chi connectivity index (χ3n) is 5.68. The van der Waals surface area contributed by atoms with Gasteiger partial charge in [0, 0.05) is 37.8 Å². The first-order valence-corrected chi connectivity index (χ1v) is 10.1. The number of likely N-dealkylation sites (tertiary alicyclic amines) is 1. The summed E-state index contributed by atoms with van der Waals surface area (Å²) in [5.41, 5.74) is 4.32.